The number of pyridine rings is 1. The van der Waals surface area contributed by atoms with Crippen molar-refractivity contribution in [3.63, 3.8) is 0 Å². The Kier molecular flexibility index (Phi) is 4.04. The second kappa shape index (κ2) is 6.03. The van der Waals surface area contributed by atoms with Gasteiger partial charge in [-0.1, -0.05) is 0 Å². The van der Waals surface area contributed by atoms with E-state index in [1.54, 1.807) is 33.0 Å². The van der Waals surface area contributed by atoms with Gasteiger partial charge in [-0.2, -0.15) is 5.10 Å². The predicted molar refractivity (Wildman–Crippen MR) is 85.5 cm³/mol. The molecule has 1 unspecified atom stereocenters. The molecule has 0 aliphatic rings. The first-order valence-electron chi connectivity index (χ1n) is 7.72. The molecule has 0 N–H and O–H groups in total. The number of hydrogen-bond acceptors (Lipinski definition) is 7. The first kappa shape index (κ1) is 16.1. The summed E-state index contributed by atoms with van der Waals surface area (Å²) in [6.07, 6.45) is 1.07. The van der Waals surface area contributed by atoms with Crippen molar-refractivity contribution in [3.05, 3.63) is 35.3 Å². The molecule has 0 saturated carbocycles. The van der Waals surface area contributed by atoms with Gasteiger partial charge in [-0.3, -0.25) is 0 Å². The number of aromatic nitrogens is 5. The summed E-state index contributed by atoms with van der Waals surface area (Å²) in [5, 5.41) is 12.7. The van der Waals surface area contributed by atoms with E-state index in [1.165, 1.54) is 0 Å². The van der Waals surface area contributed by atoms with Gasteiger partial charge in [-0.25, -0.2) is 14.5 Å². The molecule has 3 aromatic heterocycles. The average Bonchev–Trinajstić information content (AvgIpc) is 3.12. The first-order chi connectivity index (χ1) is 11.4. The lowest BCUT2D eigenvalue weighted by Gasteiger charge is -2.11. The van der Waals surface area contributed by atoms with Crippen molar-refractivity contribution in [2.75, 3.05) is 0 Å². The summed E-state index contributed by atoms with van der Waals surface area (Å²) in [7, 11) is 0. The summed E-state index contributed by atoms with van der Waals surface area (Å²) >= 11 is 0. The van der Waals surface area contributed by atoms with Crippen molar-refractivity contribution < 1.29 is 13.9 Å². The molecule has 3 heterocycles. The minimum atomic E-state index is -0.632. The highest BCUT2D eigenvalue weighted by Gasteiger charge is 2.21. The fourth-order valence-electron chi connectivity index (χ4n) is 2.40. The van der Waals surface area contributed by atoms with Crippen LogP contribution in [0.1, 0.15) is 60.8 Å². The summed E-state index contributed by atoms with van der Waals surface area (Å²) in [4.78, 5) is 17.0. The Bertz CT molecular complexity index is 896. The number of fused-ring (bicyclic) bond motifs is 1. The number of esters is 1. The SMILES string of the molecule is Cc1nnc(C(C)OC(=O)c2cc3cnn(C(C)C)c3nc2C)o1. The second-order valence-corrected chi connectivity index (χ2v) is 5.92. The number of hydrogen-bond donors (Lipinski definition) is 0. The van der Waals surface area contributed by atoms with Crippen LogP contribution in [0.4, 0.5) is 0 Å². The highest BCUT2D eigenvalue weighted by Crippen LogP contribution is 2.22. The van der Waals surface area contributed by atoms with Crippen LogP contribution in [-0.4, -0.2) is 30.9 Å². The van der Waals surface area contributed by atoms with Crippen molar-refractivity contribution in [1.82, 2.24) is 25.0 Å². The third-order valence-electron chi connectivity index (χ3n) is 3.64. The van der Waals surface area contributed by atoms with Crippen molar-refractivity contribution in [3.8, 4) is 0 Å². The lowest BCUT2D eigenvalue weighted by Crippen LogP contribution is -2.12. The molecular weight excluding hydrogens is 310 g/mol. The van der Waals surface area contributed by atoms with Gasteiger partial charge in [-0.15, -0.1) is 10.2 Å². The molecule has 126 valence electrons. The Balaban J connectivity index is 1.88. The van der Waals surface area contributed by atoms with Crippen molar-refractivity contribution >= 4 is 17.0 Å². The molecule has 0 aliphatic carbocycles. The fourth-order valence-corrected chi connectivity index (χ4v) is 2.40. The Morgan fingerprint density at radius 2 is 2.00 bits per heavy atom. The van der Waals surface area contributed by atoms with Crippen molar-refractivity contribution in [1.29, 1.82) is 0 Å². The van der Waals surface area contributed by atoms with Crippen LogP contribution in [0.3, 0.4) is 0 Å². The minimum absolute atomic E-state index is 0.188. The molecule has 0 aliphatic heterocycles. The molecule has 1 atom stereocenters. The molecule has 8 nitrogen and oxygen atoms in total. The maximum atomic E-state index is 12.5. The topological polar surface area (TPSA) is 95.9 Å². The van der Waals surface area contributed by atoms with Gasteiger partial charge >= 0.3 is 5.97 Å². The van der Waals surface area contributed by atoms with E-state index in [1.807, 2.05) is 18.5 Å². The Morgan fingerprint density at radius 3 is 2.62 bits per heavy atom. The highest BCUT2D eigenvalue weighted by atomic mass is 16.6. The van der Waals surface area contributed by atoms with E-state index in [2.05, 4.69) is 20.3 Å². The smallest absolute Gasteiger partial charge is 0.340 e. The standard InChI is InChI=1S/C16H19N5O3/c1-8(2)21-14-12(7-17-21)6-13(9(3)18-14)16(22)23-10(4)15-20-19-11(5)24-15/h6-8,10H,1-5H3. The van der Waals surface area contributed by atoms with Crippen LogP contribution in [0.25, 0.3) is 11.0 Å². The van der Waals surface area contributed by atoms with Gasteiger partial charge in [0.25, 0.3) is 5.89 Å². The van der Waals surface area contributed by atoms with Crippen LogP contribution in [0.15, 0.2) is 16.7 Å². The number of rotatable bonds is 4. The maximum absolute atomic E-state index is 12.5. The molecule has 0 bridgehead atoms. The molecule has 0 aromatic carbocycles. The summed E-state index contributed by atoms with van der Waals surface area (Å²) < 4.78 is 12.5. The monoisotopic (exact) mass is 329 g/mol. The summed E-state index contributed by atoms with van der Waals surface area (Å²) in [6, 6.07) is 1.94. The molecule has 3 aromatic rings. The summed E-state index contributed by atoms with van der Waals surface area (Å²) in [6.45, 7) is 9.19. The van der Waals surface area contributed by atoms with E-state index in [9.17, 15) is 4.79 Å². The maximum Gasteiger partial charge on any atom is 0.340 e. The first-order valence-corrected chi connectivity index (χ1v) is 7.72. The average molecular weight is 329 g/mol. The van der Waals surface area contributed by atoms with Gasteiger partial charge in [0.15, 0.2) is 11.8 Å². The van der Waals surface area contributed by atoms with E-state index in [-0.39, 0.29) is 11.9 Å². The number of nitrogens with zero attached hydrogens (tertiary/aromatic N) is 5. The molecule has 0 fully saturated rings. The van der Waals surface area contributed by atoms with Gasteiger partial charge in [0.2, 0.25) is 5.89 Å². The number of ether oxygens (including phenoxy) is 1. The van der Waals surface area contributed by atoms with Crippen molar-refractivity contribution in [2.24, 2.45) is 0 Å². The Labute approximate surface area is 138 Å². The highest BCUT2D eigenvalue weighted by molar-refractivity contribution is 5.94. The molecular formula is C16H19N5O3. The van der Waals surface area contributed by atoms with Gasteiger partial charge in [-0.05, 0) is 33.8 Å². The lowest BCUT2D eigenvalue weighted by molar-refractivity contribution is 0.0275. The van der Waals surface area contributed by atoms with Crippen LogP contribution in [0, 0.1) is 13.8 Å². The van der Waals surface area contributed by atoms with Gasteiger partial charge < -0.3 is 9.15 Å². The number of carbonyl (C=O) groups is 1. The lowest BCUT2D eigenvalue weighted by atomic mass is 10.1. The largest absolute Gasteiger partial charge is 0.449 e. The fraction of sp³-hybridized carbons (Fsp3) is 0.438. The van der Waals surface area contributed by atoms with Crippen LogP contribution in [0.2, 0.25) is 0 Å². The van der Waals surface area contributed by atoms with Gasteiger partial charge in [0.05, 0.1) is 17.5 Å². The molecule has 0 saturated heterocycles. The van der Waals surface area contributed by atoms with Crippen LogP contribution in [-0.2, 0) is 4.74 Å². The minimum Gasteiger partial charge on any atom is -0.449 e. The molecule has 3 rings (SSSR count). The third-order valence-corrected chi connectivity index (χ3v) is 3.64. The number of carbonyl (C=O) groups excluding carboxylic acids is 1. The van der Waals surface area contributed by atoms with E-state index in [0.29, 0.717) is 17.1 Å². The summed E-state index contributed by atoms with van der Waals surface area (Å²) in [5.74, 6) is 0.205. The molecule has 0 radical (unpaired) electrons. The second-order valence-electron chi connectivity index (χ2n) is 5.92. The van der Waals surface area contributed by atoms with Crippen LogP contribution >= 0.6 is 0 Å². The van der Waals surface area contributed by atoms with Gasteiger partial charge in [0, 0.05) is 18.4 Å². The zero-order chi connectivity index (χ0) is 17.4. The van der Waals surface area contributed by atoms with Crippen LogP contribution in [0.5, 0.6) is 0 Å². The Morgan fingerprint density at radius 1 is 1.25 bits per heavy atom. The molecule has 0 spiro atoms. The normalized spacial score (nSPS) is 12.8. The van der Waals surface area contributed by atoms with E-state index >= 15 is 0 Å². The van der Waals surface area contributed by atoms with E-state index < -0.39 is 12.1 Å². The molecule has 8 heteroatoms. The van der Waals surface area contributed by atoms with Crippen LogP contribution < -0.4 is 0 Å². The van der Waals surface area contributed by atoms with Gasteiger partial charge in [0.1, 0.15) is 0 Å². The Hall–Kier alpha value is -2.77. The molecule has 0 amide bonds. The van der Waals surface area contributed by atoms with E-state index in [4.69, 9.17) is 9.15 Å². The summed E-state index contributed by atoms with van der Waals surface area (Å²) in [5.41, 5.74) is 1.73. The predicted octanol–water partition coefficient (Wildman–Crippen LogP) is 2.93. The molecule has 24 heavy (non-hydrogen) atoms. The zero-order valence-electron chi connectivity index (χ0n) is 14.3. The number of aryl methyl sites for hydroxylation is 2. The third kappa shape index (κ3) is 2.86. The van der Waals surface area contributed by atoms with E-state index in [0.717, 1.165) is 11.0 Å². The quantitative estimate of drug-likeness (QED) is 0.679. The zero-order valence-corrected chi connectivity index (χ0v) is 14.3. The van der Waals surface area contributed by atoms with Crippen molar-refractivity contribution in [2.45, 2.75) is 46.8 Å².